The third-order valence-corrected chi connectivity index (χ3v) is 3.03. The molecule has 0 radical (unpaired) electrons. The van der Waals surface area contributed by atoms with Gasteiger partial charge in [0.15, 0.2) is 0 Å². The number of phenolic OH excluding ortho intramolecular Hbond substituents is 1. The second-order valence-electron chi connectivity index (χ2n) is 4.64. The molecule has 0 spiro atoms. The van der Waals surface area contributed by atoms with Crippen LogP contribution in [0.25, 0.3) is 0 Å². The van der Waals surface area contributed by atoms with Crippen LogP contribution in [0.5, 0.6) is 11.5 Å². The first-order chi connectivity index (χ1) is 10.1. The van der Waals surface area contributed by atoms with Gasteiger partial charge in [0.1, 0.15) is 11.5 Å². The fraction of sp³-hybridized carbons (Fsp3) is 0.188. The Morgan fingerprint density at radius 3 is 2.76 bits per heavy atom. The van der Waals surface area contributed by atoms with Crippen molar-refractivity contribution in [1.82, 2.24) is 5.32 Å². The first-order valence-corrected chi connectivity index (χ1v) is 6.56. The monoisotopic (exact) mass is 286 g/mol. The number of amides is 2. The molecule has 0 aromatic heterocycles. The van der Waals surface area contributed by atoms with Gasteiger partial charge < -0.3 is 20.5 Å². The first kappa shape index (κ1) is 14.7. The van der Waals surface area contributed by atoms with Crippen molar-refractivity contribution in [2.75, 3.05) is 12.4 Å². The number of ether oxygens (including phenoxy) is 1. The molecule has 0 aliphatic heterocycles. The van der Waals surface area contributed by atoms with Crippen LogP contribution in [0.2, 0.25) is 0 Å². The van der Waals surface area contributed by atoms with Crippen LogP contribution in [0.15, 0.2) is 42.5 Å². The zero-order chi connectivity index (χ0) is 15.2. The minimum absolute atomic E-state index is 0.0352. The second kappa shape index (κ2) is 6.65. The van der Waals surface area contributed by atoms with E-state index in [0.717, 1.165) is 16.9 Å². The van der Waals surface area contributed by atoms with Crippen LogP contribution < -0.4 is 15.4 Å². The molecule has 0 aliphatic carbocycles. The number of hydrogen-bond acceptors (Lipinski definition) is 3. The maximum Gasteiger partial charge on any atom is 0.319 e. The van der Waals surface area contributed by atoms with Crippen molar-refractivity contribution in [2.45, 2.75) is 13.5 Å². The molecule has 2 rings (SSSR count). The molecule has 0 aliphatic rings. The number of carbonyl (C=O) groups excluding carboxylic acids is 1. The zero-order valence-electron chi connectivity index (χ0n) is 12.0. The molecular formula is C16H18N2O3. The number of anilines is 1. The average molecular weight is 286 g/mol. The molecule has 0 saturated heterocycles. The van der Waals surface area contributed by atoms with Crippen LogP contribution in [0, 0.1) is 6.92 Å². The fourth-order valence-corrected chi connectivity index (χ4v) is 1.94. The van der Waals surface area contributed by atoms with Crippen molar-refractivity contribution >= 4 is 11.7 Å². The number of benzene rings is 2. The number of carbonyl (C=O) groups is 1. The highest BCUT2D eigenvalue weighted by Crippen LogP contribution is 2.23. The summed E-state index contributed by atoms with van der Waals surface area (Å²) in [7, 11) is 1.59. The maximum absolute atomic E-state index is 11.9. The van der Waals surface area contributed by atoms with Gasteiger partial charge in [0.05, 0.1) is 12.8 Å². The van der Waals surface area contributed by atoms with Crippen molar-refractivity contribution in [2.24, 2.45) is 0 Å². The highest BCUT2D eigenvalue weighted by atomic mass is 16.5. The lowest BCUT2D eigenvalue weighted by Gasteiger charge is -2.11. The molecule has 0 saturated carbocycles. The smallest absolute Gasteiger partial charge is 0.319 e. The van der Waals surface area contributed by atoms with Gasteiger partial charge >= 0.3 is 6.03 Å². The van der Waals surface area contributed by atoms with Crippen LogP contribution in [0.3, 0.4) is 0 Å². The molecule has 2 amide bonds. The number of aryl methyl sites for hydroxylation is 1. The van der Waals surface area contributed by atoms with Crippen molar-refractivity contribution in [3.8, 4) is 11.5 Å². The molecule has 0 fully saturated rings. The Labute approximate surface area is 123 Å². The van der Waals surface area contributed by atoms with Gasteiger partial charge in [-0.15, -0.1) is 0 Å². The van der Waals surface area contributed by atoms with E-state index in [4.69, 9.17) is 4.74 Å². The summed E-state index contributed by atoms with van der Waals surface area (Å²) in [6.07, 6.45) is 0. The summed E-state index contributed by atoms with van der Waals surface area (Å²) in [4.78, 5) is 11.9. The molecule has 0 bridgehead atoms. The number of urea groups is 1. The van der Waals surface area contributed by atoms with E-state index in [1.54, 1.807) is 25.3 Å². The molecule has 110 valence electrons. The van der Waals surface area contributed by atoms with Gasteiger partial charge in [-0.3, -0.25) is 0 Å². The van der Waals surface area contributed by atoms with E-state index >= 15 is 0 Å². The number of aromatic hydroxyl groups is 1. The Morgan fingerprint density at radius 1 is 1.24 bits per heavy atom. The van der Waals surface area contributed by atoms with Crippen molar-refractivity contribution in [1.29, 1.82) is 0 Å². The molecule has 5 nitrogen and oxygen atoms in total. The highest BCUT2D eigenvalue weighted by Gasteiger charge is 2.07. The third kappa shape index (κ3) is 3.89. The second-order valence-corrected chi connectivity index (χ2v) is 4.64. The highest BCUT2D eigenvalue weighted by molar-refractivity contribution is 5.90. The van der Waals surface area contributed by atoms with Crippen LogP contribution in [-0.4, -0.2) is 18.2 Å². The topological polar surface area (TPSA) is 70.6 Å². The number of rotatable bonds is 4. The number of nitrogens with one attached hydrogen (secondary N) is 2. The van der Waals surface area contributed by atoms with Gasteiger partial charge in [-0.25, -0.2) is 4.79 Å². The molecule has 0 atom stereocenters. The number of phenols is 1. The van der Waals surface area contributed by atoms with E-state index in [2.05, 4.69) is 10.6 Å². The van der Waals surface area contributed by atoms with Gasteiger partial charge in [-0.1, -0.05) is 24.3 Å². The van der Waals surface area contributed by atoms with Gasteiger partial charge in [-0.05, 0) is 30.7 Å². The predicted octanol–water partition coefficient (Wildman–Crippen LogP) is 3.03. The number of methoxy groups -OCH3 is 1. The van der Waals surface area contributed by atoms with Gasteiger partial charge in [0.2, 0.25) is 0 Å². The normalized spacial score (nSPS) is 10.0. The largest absolute Gasteiger partial charge is 0.506 e. The van der Waals surface area contributed by atoms with E-state index in [1.807, 2.05) is 31.2 Å². The van der Waals surface area contributed by atoms with E-state index in [1.165, 1.54) is 0 Å². The van der Waals surface area contributed by atoms with E-state index < -0.39 is 0 Å². The van der Waals surface area contributed by atoms with Crippen molar-refractivity contribution < 1.29 is 14.6 Å². The Balaban J connectivity index is 1.97. The van der Waals surface area contributed by atoms with Crippen LogP contribution in [-0.2, 0) is 6.54 Å². The Bertz CT molecular complexity index is 641. The van der Waals surface area contributed by atoms with Crippen LogP contribution >= 0.6 is 0 Å². The lowest BCUT2D eigenvalue weighted by molar-refractivity contribution is 0.251. The molecule has 0 heterocycles. The van der Waals surface area contributed by atoms with E-state index in [0.29, 0.717) is 12.2 Å². The Hall–Kier alpha value is -2.69. The summed E-state index contributed by atoms with van der Waals surface area (Å²) in [5.74, 6) is 0.754. The molecule has 2 aromatic carbocycles. The maximum atomic E-state index is 11.9. The molecule has 2 aromatic rings. The summed E-state index contributed by atoms with van der Waals surface area (Å²) < 4.78 is 5.22. The molecule has 5 heteroatoms. The summed E-state index contributed by atoms with van der Waals surface area (Å²) in [6, 6.07) is 12.1. The number of para-hydroxylation sites is 1. The summed E-state index contributed by atoms with van der Waals surface area (Å²) in [6.45, 7) is 2.22. The van der Waals surface area contributed by atoms with Crippen molar-refractivity contribution in [3.05, 3.63) is 53.6 Å². The minimum atomic E-state index is -0.387. The van der Waals surface area contributed by atoms with Gasteiger partial charge in [0.25, 0.3) is 0 Å². The van der Waals surface area contributed by atoms with Crippen molar-refractivity contribution in [3.63, 3.8) is 0 Å². The predicted molar refractivity (Wildman–Crippen MR) is 81.7 cm³/mol. The Morgan fingerprint density at radius 2 is 2.00 bits per heavy atom. The standard InChI is InChI=1S/C16H18N2O3/c1-11-7-8-14(19)13(9-11)18-16(20)17-10-12-5-3-4-6-15(12)21-2/h3-9,19H,10H2,1-2H3,(H2,17,18,20). The summed E-state index contributed by atoms with van der Waals surface area (Å²) in [5, 5.41) is 15.0. The fourth-order valence-electron chi connectivity index (χ4n) is 1.94. The lowest BCUT2D eigenvalue weighted by Crippen LogP contribution is -2.28. The van der Waals surface area contributed by atoms with Gasteiger partial charge in [0, 0.05) is 12.1 Å². The van der Waals surface area contributed by atoms with E-state index in [9.17, 15) is 9.90 Å². The lowest BCUT2D eigenvalue weighted by atomic mass is 10.2. The van der Waals surface area contributed by atoms with Gasteiger partial charge in [-0.2, -0.15) is 0 Å². The van der Waals surface area contributed by atoms with E-state index in [-0.39, 0.29) is 11.8 Å². The summed E-state index contributed by atoms with van der Waals surface area (Å²) in [5.41, 5.74) is 2.21. The zero-order valence-corrected chi connectivity index (χ0v) is 12.0. The molecular weight excluding hydrogens is 268 g/mol. The van der Waals surface area contributed by atoms with Crippen LogP contribution in [0.4, 0.5) is 10.5 Å². The SMILES string of the molecule is COc1ccccc1CNC(=O)Nc1cc(C)ccc1O. The number of hydrogen-bond donors (Lipinski definition) is 3. The average Bonchev–Trinajstić information content (AvgIpc) is 2.49. The molecule has 3 N–H and O–H groups in total. The van der Waals surface area contributed by atoms with Crippen LogP contribution in [0.1, 0.15) is 11.1 Å². The summed E-state index contributed by atoms with van der Waals surface area (Å²) >= 11 is 0. The molecule has 0 unspecified atom stereocenters. The quantitative estimate of drug-likeness (QED) is 0.757. The third-order valence-electron chi connectivity index (χ3n) is 3.03. The first-order valence-electron chi connectivity index (χ1n) is 6.56. The Kier molecular flexibility index (Phi) is 4.66. The molecule has 21 heavy (non-hydrogen) atoms. The minimum Gasteiger partial charge on any atom is -0.506 e.